The van der Waals surface area contributed by atoms with Crippen molar-refractivity contribution in [1.82, 2.24) is 0 Å². The monoisotopic (exact) mass is 182 g/mol. The third-order valence-corrected chi connectivity index (χ3v) is 4.66. The van der Waals surface area contributed by atoms with E-state index >= 15 is 0 Å². The van der Waals surface area contributed by atoms with E-state index in [1.54, 1.807) is 0 Å². The minimum Gasteiger partial charge on any atom is -0.319 e. The Morgan fingerprint density at radius 3 is 1.69 bits per heavy atom. The average molecular weight is 182 g/mol. The van der Waals surface area contributed by atoms with E-state index in [4.69, 9.17) is 0 Å². The van der Waals surface area contributed by atoms with E-state index in [0.29, 0.717) is 0 Å². The minimum atomic E-state index is 0.952. The Balaban J connectivity index is 2.14. The molecule has 2 aliphatic rings. The highest BCUT2D eigenvalue weighted by Crippen LogP contribution is 2.35. The maximum absolute atomic E-state index is 2.48. The Hall–Kier alpha value is -0.0400. The number of hydrogen-bond acceptors (Lipinski definition) is 0. The van der Waals surface area contributed by atoms with Crippen molar-refractivity contribution in [2.75, 3.05) is 13.1 Å². The van der Waals surface area contributed by atoms with Crippen LogP contribution in [0.1, 0.15) is 52.4 Å². The van der Waals surface area contributed by atoms with Gasteiger partial charge < -0.3 is 4.48 Å². The van der Waals surface area contributed by atoms with Crippen LogP contribution in [0.4, 0.5) is 0 Å². The highest BCUT2D eigenvalue weighted by atomic mass is 15.4. The van der Waals surface area contributed by atoms with Crippen LogP contribution in [0, 0.1) is 0 Å². The topological polar surface area (TPSA) is 0 Å². The van der Waals surface area contributed by atoms with Crippen LogP contribution in [0.25, 0.3) is 0 Å². The first-order valence-electron chi connectivity index (χ1n) is 6.12. The van der Waals surface area contributed by atoms with Gasteiger partial charge >= 0.3 is 0 Å². The molecule has 0 N–H and O–H groups in total. The van der Waals surface area contributed by atoms with Gasteiger partial charge in [-0.1, -0.05) is 0 Å². The highest BCUT2D eigenvalue weighted by molar-refractivity contribution is 4.72. The van der Waals surface area contributed by atoms with Crippen LogP contribution >= 0.6 is 0 Å². The third-order valence-electron chi connectivity index (χ3n) is 4.66. The van der Waals surface area contributed by atoms with Gasteiger partial charge in [-0.3, -0.25) is 0 Å². The fourth-order valence-electron chi connectivity index (χ4n) is 3.59. The summed E-state index contributed by atoms with van der Waals surface area (Å²) >= 11 is 0. The Morgan fingerprint density at radius 1 is 0.769 bits per heavy atom. The van der Waals surface area contributed by atoms with E-state index in [0.717, 1.165) is 12.1 Å². The van der Waals surface area contributed by atoms with Crippen LogP contribution in [0.5, 0.6) is 0 Å². The molecule has 1 spiro atoms. The normalized spacial score (nSPS) is 39.2. The van der Waals surface area contributed by atoms with E-state index in [9.17, 15) is 0 Å². The zero-order valence-electron chi connectivity index (χ0n) is 9.26. The van der Waals surface area contributed by atoms with E-state index in [1.165, 1.54) is 56.1 Å². The number of rotatable bonds is 0. The molecule has 0 amide bonds. The summed E-state index contributed by atoms with van der Waals surface area (Å²) in [5.74, 6) is 0. The zero-order chi connectivity index (χ0) is 9.31. The molecule has 0 aliphatic carbocycles. The first-order chi connectivity index (χ1) is 6.26. The smallest absolute Gasteiger partial charge is 0.0866 e. The van der Waals surface area contributed by atoms with E-state index in [1.807, 2.05) is 0 Å². The molecular formula is C12H24N+. The van der Waals surface area contributed by atoms with Gasteiger partial charge in [-0.25, -0.2) is 0 Å². The van der Waals surface area contributed by atoms with E-state index in [-0.39, 0.29) is 0 Å². The molecule has 2 atom stereocenters. The van der Waals surface area contributed by atoms with Crippen LogP contribution in [0.2, 0.25) is 0 Å². The molecule has 1 heteroatoms. The molecule has 2 fully saturated rings. The van der Waals surface area contributed by atoms with Crippen molar-refractivity contribution < 1.29 is 4.48 Å². The van der Waals surface area contributed by atoms with Crippen molar-refractivity contribution >= 4 is 0 Å². The van der Waals surface area contributed by atoms with Gasteiger partial charge in [0.2, 0.25) is 0 Å². The molecule has 2 rings (SSSR count). The molecule has 0 aromatic rings. The fraction of sp³-hybridized carbons (Fsp3) is 1.00. The number of quaternary nitrogens is 1. The van der Waals surface area contributed by atoms with Crippen molar-refractivity contribution in [3.05, 3.63) is 0 Å². The third kappa shape index (κ3) is 1.52. The van der Waals surface area contributed by atoms with Gasteiger partial charge in [-0.05, 0) is 39.5 Å². The first-order valence-corrected chi connectivity index (χ1v) is 6.12. The second kappa shape index (κ2) is 3.61. The van der Waals surface area contributed by atoms with Crippen molar-refractivity contribution in [3.63, 3.8) is 0 Å². The van der Waals surface area contributed by atoms with Crippen LogP contribution in [-0.2, 0) is 0 Å². The lowest BCUT2D eigenvalue weighted by Gasteiger charge is -2.42. The van der Waals surface area contributed by atoms with Gasteiger partial charge in [0.25, 0.3) is 0 Å². The molecule has 1 nitrogen and oxygen atoms in total. The summed E-state index contributed by atoms with van der Waals surface area (Å²) in [6.45, 7) is 7.91. The molecule has 0 saturated carbocycles. The van der Waals surface area contributed by atoms with Gasteiger partial charge in [0.05, 0.1) is 25.2 Å². The van der Waals surface area contributed by atoms with Crippen molar-refractivity contribution in [2.24, 2.45) is 0 Å². The standard InChI is InChI=1S/C12H24N/c1-11-7-8-12(2)13(11)9-5-3-4-6-10-13/h11-12H,3-10H2,1-2H3/q+1. The molecule has 0 aromatic heterocycles. The lowest BCUT2D eigenvalue weighted by Crippen LogP contribution is -2.55. The van der Waals surface area contributed by atoms with E-state index in [2.05, 4.69) is 13.8 Å². The summed E-state index contributed by atoms with van der Waals surface area (Å²) in [6, 6.07) is 1.90. The van der Waals surface area contributed by atoms with Crippen LogP contribution in [0.3, 0.4) is 0 Å². The fourth-order valence-corrected chi connectivity index (χ4v) is 3.59. The van der Waals surface area contributed by atoms with Gasteiger partial charge in [-0.15, -0.1) is 0 Å². The Labute approximate surface area is 82.7 Å². The number of hydrogen-bond donors (Lipinski definition) is 0. The van der Waals surface area contributed by atoms with Crippen LogP contribution in [0.15, 0.2) is 0 Å². The molecular weight excluding hydrogens is 158 g/mol. The average Bonchev–Trinajstić information content (AvgIpc) is 2.38. The van der Waals surface area contributed by atoms with Crippen molar-refractivity contribution in [3.8, 4) is 0 Å². The quantitative estimate of drug-likeness (QED) is 0.505. The second-order valence-electron chi connectivity index (χ2n) is 5.24. The maximum atomic E-state index is 2.48. The molecule has 2 heterocycles. The van der Waals surface area contributed by atoms with Crippen LogP contribution < -0.4 is 0 Å². The van der Waals surface area contributed by atoms with Gasteiger partial charge in [0, 0.05) is 12.8 Å². The predicted octanol–water partition coefficient (Wildman–Crippen LogP) is 2.95. The Kier molecular flexibility index (Phi) is 2.64. The molecule has 13 heavy (non-hydrogen) atoms. The molecule has 0 radical (unpaired) electrons. The Bertz CT molecular complexity index is 156. The maximum Gasteiger partial charge on any atom is 0.0866 e. The highest BCUT2D eigenvalue weighted by Gasteiger charge is 2.44. The summed E-state index contributed by atoms with van der Waals surface area (Å²) in [4.78, 5) is 0. The SMILES string of the molecule is CC1CCC(C)[N+]12CCCCCC2. The summed E-state index contributed by atoms with van der Waals surface area (Å²) < 4.78 is 1.47. The van der Waals surface area contributed by atoms with Crippen molar-refractivity contribution in [2.45, 2.75) is 64.5 Å². The zero-order valence-corrected chi connectivity index (χ0v) is 9.26. The first kappa shape index (κ1) is 9.51. The molecule has 2 saturated heterocycles. The summed E-state index contributed by atoms with van der Waals surface area (Å²) in [5, 5.41) is 0. The summed E-state index contributed by atoms with van der Waals surface area (Å²) in [6.07, 6.45) is 8.88. The second-order valence-corrected chi connectivity index (χ2v) is 5.24. The lowest BCUT2D eigenvalue weighted by atomic mass is 10.2. The number of nitrogens with zero attached hydrogens (tertiary/aromatic N) is 1. The van der Waals surface area contributed by atoms with E-state index < -0.39 is 0 Å². The molecule has 2 unspecified atom stereocenters. The lowest BCUT2D eigenvalue weighted by molar-refractivity contribution is -0.956. The van der Waals surface area contributed by atoms with Gasteiger partial charge in [0.15, 0.2) is 0 Å². The van der Waals surface area contributed by atoms with Gasteiger partial charge in [0.1, 0.15) is 0 Å². The molecule has 2 aliphatic heterocycles. The molecule has 0 bridgehead atoms. The van der Waals surface area contributed by atoms with Gasteiger partial charge in [-0.2, -0.15) is 0 Å². The largest absolute Gasteiger partial charge is 0.319 e. The van der Waals surface area contributed by atoms with Crippen molar-refractivity contribution in [1.29, 1.82) is 0 Å². The molecule has 76 valence electrons. The summed E-state index contributed by atoms with van der Waals surface area (Å²) in [7, 11) is 0. The molecule has 0 aromatic carbocycles. The minimum absolute atomic E-state index is 0.952. The summed E-state index contributed by atoms with van der Waals surface area (Å²) in [5.41, 5.74) is 0. The predicted molar refractivity (Wildman–Crippen MR) is 56.6 cm³/mol. The van der Waals surface area contributed by atoms with Crippen LogP contribution in [-0.4, -0.2) is 29.7 Å². The Morgan fingerprint density at radius 2 is 1.23 bits per heavy atom.